The Kier molecular flexibility index (Phi) is 5.45. The highest BCUT2D eigenvalue weighted by molar-refractivity contribution is 7.20. The molecule has 5 nitrogen and oxygen atoms in total. The van der Waals surface area contributed by atoms with Crippen LogP contribution in [0.5, 0.6) is 0 Å². The molecule has 4 aromatic rings. The SMILES string of the molecule is C=Cc1cc(-c2ccc3c(ccc4sc5c(c43)NC[C@@H](C)NC5)n2)cc(N2CCC(F)(F)CC2)n1. The maximum absolute atomic E-state index is 13.7. The van der Waals surface area contributed by atoms with Crippen LogP contribution >= 0.6 is 11.3 Å². The van der Waals surface area contributed by atoms with Crippen molar-refractivity contribution in [2.24, 2.45) is 0 Å². The quantitative estimate of drug-likeness (QED) is 0.353. The number of hydrogen-bond acceptors (Lipinski definition) is 6. The number of benzene rings is 1. The Morgan fingerprint density at radius 1 is 1.14 bits per heavy atom. The zero-order chi connectivity index (χ0) is 24.2. The summed E-state index contributed by atoms with van der Waals surface area (Å²) in [6.45, 7) is 8.38. The average molecular weight is 492 g/mol. The molecule has 2 aliphatic heterocycles. The van der Waals surface area contributed by atoms with Gasteiger partial charge in [-0.1, -0.05) is 6.58 Å². The minimum atomic E-state index is -2.59. The third-order valence-electron chi connectivity index (χ3n) is 6.95. The van der Waals surface area contributed by atoms with Gasteiger partial charge in [0.2, 0.25) is 0 Å². The first kappa shape index (κ1) is 22.4. The summed E-state index contributed by atoms with van der Waals surface area (Å²) in [5.74, 6) is -1.90. The van der Waals surface area contributed by atoms with Gasteiger partial charge in [0.05, 0.1) is 22.6 Å². The fraction of sp³-hybridized carbons (Fsp3) is 0.333. The molecule has 1 aromatic carbocycles. The summed E-state index contributed by atoms with van der Waals surface area (Å²) < 4.78 is 28.6. The van der Waals surface area contributed by atoms with E-state index in [1.165, 1.54) is 20.7 Å². The number of halogens is 2. The van der Waals surface area contributed by atoms with Crippen LogP contribution in [0.2, 0.25) is 0 Å². The third-order valence-corrected chi connectivity index (χ3v) is 8.10. The van der Waals surface area contributed by atoms with Gasteiger partial charge in [-0.05, 0) is 49.4 Å². The molecule has 5 heterocycles. The van der Waals surface area contributed by atoms with Crippen molar-refractivity contribution in [1.29, 1.82) is 0 Å². The van der Waals surface area contributed by atoms with Crippen molar-refractivity contribution in [3.8, 4) is 11.3 Å². The van der Waals surface area contributed by atoms with Gasteiger partial charge < -0.3 is 15.5 Å². The van der Waals surface area contributed by atoms with Gasteiger partial charge >= 0.3 is 0 Å². The molecule has 8 heteroatoms. The zero-order valence-corrected chi connectivity index (χ0v) is 20.4. The van der Waals surface area contributed by atoms with Crippen LogP contribution in [-0.2, 0) is 6.54 Å². The number of fused-ring (bicyclic) bond motifs is 5. The number of aromatic nitrogens is 2. The maximum Gasteiger partial charge on any atom is 0.251 e. The number of nitrogens with zero attached hydrogens (tertiary/aromatic N) is 3. The summed E-state index contributed by atoms with van der Waals surface area (Å²) in [4.78, 5) is 12.9. The third kappa shape index (κ3) is 4.15. The molecule has 1 atom stereocenters. The van der Waals surface area contributed by atoms with E-state index in [9.17, 15) is 8.78 Å². The minimum absolute atomic E-state index is 0.153. The number of anilines is 2. The predicted octanol–water partition coefficient (Wildman–Crippen LogP) is 6.29. The van der Waals surface area contributed by atoms with Gasteiger partial charge in [-0.25, -0.2) is 18.7 Å². The van der Waals surface area contributed by atoms with Gasteiger partial charge in [-0.2, -0.15) is 0 Å². The van der Waals surface area contributed by atoms with Crippen LogP contribution in [0.15, 0.2) is 43.0 Å². The highest BCUT2D eigenvalue weighted by Gasteiger charge is 2.34. The van der Waals surface area contributed by atoms with E-state index in [2.05, 4.69) is 47.3 Å². The number of pyridine rings is 2. The van der Waals surface area contributed by atoms with Gasteiger partial charge in [0.25, 0.3) is 5.92 Å². The summed E-state index contributed by atoms with van der Waals surface area (Å²) in [6, 6.07) is 12.7. The van der Waals surface area contributed by atoms with Crippen molar-refractivity contribution < 1.29 is 8.78 Å². The van der Waals surface area contributed by atoms with Gasteiger partial charge in [0, 0.05) is 71.0 Å². The molecule has 2 N–H and O–H groups in total. The monoisotopic (exact) mass is 491 g/mol. The van der Waals surface area contributed by atoms with Crippen LogP contribution in [-0.4, -0.2) is 41.6 Å². The number of rotatable bonds is 3. The number of thiophene rings is 1. The van der Waals surface area contributed by atoms with Crippen LogP contribution in [0, 0.1) is 0 Å². The first-order valence-electron chi connectivity index (χ1n) is 12.0. The lowest BCUT2D eigenvalue weighted by Crippen LogP contribution is -2.39. The number of nitrogens with one attached hydrogen (secondary N) is 2. The smallest absolute Gasteiger partial charge is 0.251 e. The molecule has 35 heavy (non-hydrogen) atoms. The molecule has 180 valence electrons. The summed E-state index contributed by atoms with van der Waals surface area (Å²) in [5.41, 5.74) is 4.59. The Labute approximate surface area is 206 Å². The van der Waals surface area contributed by atoms with Gasteiger partial charge in [-0.15, -0.1) is 11.3 Å². The van der Waals surface area contributed by atoms with E-state index in [1.807, 2.05) is 34.4 Å². The van der Waals surface area contributed by atoms with Gasteiger partial charge in [-0.3, -0.25) is 0 Å². The maximum atomic E-state index is 13.7. The second-order valence-electron chi connectivity index (χ2n) is 9.45. The molecule has 0 saturated carbocycles. The van der Waals surface area contributed by atoms with Crippen LogP contribution in [0.3, 0.4) is 0 Å². The highest BCUT2D eigenvalue weighted by atomic mass is 32.1. The van der Waals surface area contributed by atoms with Crippen molar-refractivity contribution in [2.45, 2.75) is 38.3 Å². The molecular formula is C27H27F2N5S. The summed E-state index contributed by atoms with van der Waals surface area (Å²) in [6.07, 6.45) is 1.39. The number of piperidine rings is 1. The van der Waals surface area contributed by atoms with Gasteiger partial charge in [0.15, 0.2) is 0 Å². The fourth-order valence-electron chi connectivity index (χ4n) is 4.93. The number of alkyl halides is 2. The van der Waals surface area contributed by atoms with E-state index in [-0.39, 0.29) is 25.9 Å². The largest absolute Gasteiger partial charge is 0.382 e. The lowest BCUT2D eigenvalue weighted by atomic mass is 10.0. The Morgan fingerprint density at radius 3 is 2.77 bits per heavy atom. The molecule has 0 radical (unpaired) electrons. The fourth-order valence-corrected chi connectivity index (χ4v) is 6.08. The van der Waals surface area contributed by atoms with Crippen LogP contribution < -0.4 is 15.5 Å². The van der Waals surface area contributed by atoms with Crippen molar-refractivity contribution in [1.82, 2.24) is 15.3 Å². The summed E-state index contributed by atoms with van der Waals surface area (Å²) in [5, 5.41) is 9.56. The lowest BCUT2D eigenvalue weighted by molar-refractivity contribution is -0.0221. The molecular weight excluding hydrogens is 464 g/mol. The van der Waals surface area contributed by atoms with E-state index >= 15 is 0 Å². The molecule has 3 aromatic heterocycles. The van der Waals surface area contributed by atoms with E-state index < -0.39 is 5.92 Å². The van der Waals surface area contributed by atoms with Crippen molar-refractivity contribution in [3.05, 3.63) is 53.5 Å². The average Bonchev–Trinajstić information content (AvgIpc) is 3.13. The number of hydrogen-bond donors (Lipinski definition) is 2. The molecule has 0 bridgehead atoms. The standard InChI is InChI=1S/C27H27F2N5S/c1-3-18-12-17(13-24(32-18)34-10-8-27(28,29)9-11-34)20-5-4-19-21(33-20)6-7-22-25(19)26-23(35-22)15-30-16(2)14-31-26/h3-7,12-13,16,30-31H,1,8-11,14-15H2,2H3/t16-/m1/s1. The Morgan fingerprint density at radius 2 is 1.97 bits per heavy atom. The minimum Gasteiger partial charge on any atom is -0.382 e. The second-order valence-corrected chi connectivity index (χ2v) is 10.6. The molecule has 1 saturated heterocycles. The predicted molar refractivity (Wildman–Crippen MR) is 142 cm³/mol. The van der Waals surface area contributed by atoms with E-state index in [1.54, 1.807) is 6.08 Å². The normalized spacial score (nSPS) is 19.9. The van der Waals surface area contributed by atoms with Crippen molar-refractivity contribution in [3.63, 3.8) is 0 Å². The molecule has 1 fully saturated rings. The molecule has 6 rings (SSSR count). The molecule has 0 spiro atoms. The van der Waals surface area contributed by atoms with Crippen molar-refractivity contribution >= 4 is 49.9 Å². The van der Waals surface area contributed by atoms with E-state index in [0.717, 1.165) is 35.2 Å². The van der Waals surface area contributed by atoms with Crippen molar-refractivity contribution in [2.75, 3.05) is 29.9 Å². The van der Waals surface area contributed by atoms with E-state index in [0.29, 0.717) is 17.6 Å². The van der Waals surface area contributed by atoms with Crippen LogP contribution in [0.4, 0.5) is 20.3 Å². The lowest BCUT2D eigenvalue weighted by Gasteiger charge is -2.32. The Balaban J connectivity index is 1.41. The van der Waals surface area contributed by atoms with Gasteiger partial charge in [0.1, 0.15) is 5.82 Å². The zero-order valence-electron chi connectivity index (χ0n) is 19.6. The molecule has 2 aliphatic rings. The molecule has 0 amide bonds. The highest BCUT2D eigenvalue weighted by Crippen LogP contribution is 2.41. The van der Waals surface area contributed by atoms with Crippen LogP contribution in [0.1, 0.15) is 30.3 Å². The first-order chi connectivity index (χ1) is 16.9. The summed E-state index contributed by atoms with van der Waals surface area (Å²) >= 11 is 1.82. The Bertz CT molecular complexity index is 1440. The topological polar surface area (TPSA) is 53.1 Å². The molecule has 0 aliphatic carbocycles. The summed E-state index contributed by atoms with van der Waals surface area (Å²) in [7, 11) is 0. The Hall–Kier alpha value is -3.10. The second kappa shape index (κ2) is 8.53. The molecule has 0 unspecified atom stereocenters. The van der Waals surface area contributed by atoms with Crippen LogP contribution in [0.25, 0.3) is 38.3 Å². The first-order valence-corrected chi connectivity index (χ1v) is 12.8. The van der Waals surface area contributed by atoms with E-state index in [4.69, 9.17) is 4.98 Å².